The lowest BCUT2D eigenvalue weighted by Crippen LogP contribution is -2.19. The van der Waals surface area contributed by atoms with Crippen LogP contribution >= 0.6 is 11.8 Å². The third kappa shape index (κ3) is 4.00. The molecule has 2 aromatic carbocycles. The van der Waals surface area contributed by atoms with Crippen molar-refractivity contribution in [3.05, 3.63) is 65.7 Å². The molecular formula is C16H13F2N5OS. The van der Waals surface area contributed by atoms with Crippen LogP contribution in [-0.2, 0) is 11.8 Å². The van der Waals surface area contributed by atoms with Gasteiger partial charge in [0.05, 0.1) is 0 Å². The zero-order chi connectivity index (χ0) is 17.8. The molecule has 1 aromatic heterocycles. The number of carbonyl (C=O) groups is 1. The van der Waals surface area contributed by atoms with Crippen LogP contribution in [0.3, 0.4) is 0 Å². The normalized spacial score (nSPS) is 12.0. The quantitative estimate of drug-likeness (QED) is 0.708. The van der Waals surface area contributed by atoms with Crippen LogP contribution in [0.25, 0.3) is 0 Å². The predicted molar refractivity (Wildman–Crippen MR) is 88.8 cm³/mol. The number of nitrogens with zero attached hydrogens (tertiary/aromatic N) is 4. The Morgan fingerprint density at radius 2 is 1.92 bits per heavy atom. The SMILES string of the molecule is Cn1nnnc1SC(C(=O)Nc1ccc(F)c(F)c1)c1ccccc1. The summed E-state index contributed by atoms with van der Waals surface area (Å²) in [5.74, 6) is -2.40. The summed E-state index contributed by atoms with van der Waals surface area (Å²) in [5.41, 5.74) is 0.900. The maximum Gasteiger partial charge on any atom is 0.242 e. The first-order chi connectivity index (χ1) is 12.0. The standard InChI is InChI=1S/C16H13F2N5OS/c1-23-16(20-21-22-23)25-14(10-5-3-2-4-6-10)15(24)19-11-7-8-12(17)13(18)9-11/h2-9,14H,1H3,(H,19,24). The number of nitrogens with one attached hydrogen (secondary N) is 1. The Hall–Kier alpha value is -2.81. The topological polar surface area (TPSA) is 72.7 Å². The van der Waals surface area contributed by atoms with Gasteiger partial charge < -0.3 is 5.32 Å². The lowest BCUT2D eigenvalue weighted by atomic mass is 10.1. The molecule has 1 heterocycles. The Morgan fingerprint density at radius 1 is 1.16 bits per heavy atom. The molecule has 9 heteroatoms. The van der Waals surface area contributed by atoms with E-state index in [4.69, 9.17) is 0 Å². The molecule has 0 saturated carbocycles. The largest absolute Gasteiger partial charge is 0.325 e. The molecule has 0 aliphatic carbocycles. The van der Waals surface area contributed by atoms with Gasteiger partial charge in [-0.25, -0.2) is 13.5 Å². The molecule has 1 amide bonds. The molecule has 1 N–H and O–H groups in total. The van der Waals surface area contributed by atoms with Crippen LogP contribution in [0.4, 0.5) is 14.5 Å². The van der Waals surface area contributed by atoms with Gasteiger partial charge in [-0.15, -0.1) is 5.10 Å². The maximum absolute atomic E-state index is 13.4. The van der Waals surface area contributed by atoms with Crippen molar-refractivity contribution in [3.8, 4) is 0 Å². The second-order valence-corrected chi connectivity index (χ2v) is 6.18. The minimum Gasteiger partial charge on any atom is -0.325 e. The Bertz CT molecular complexity index is 887. The maximum atomic E-state index is 13.4. The van der Waals surface area contributed by atoms with Crippen molar-refractivity contribution in [2.45, 2.75) is 10.4 Å². The number of aromatic nitrogens is 4. The molecule has 25 heavy (non-hydrogen) atoms. The van der Waals surface area contributed by atoms with Gasteiger partial charge in [0, 0.05) is 18.8 Å². The molecule has 0 bridgehead atoms. The number of aryl methyl sites for hydroxylation is 1. The average Bonchev–Trinajstić information content (AvgIpc) is 3.01. The number of amides is 1. The molecule has 0 fully saturated rings. The van der Waals surface area contributed by atoms with Crippen molar-refractivity contribution in [1.82, 2.24) is 20.2 Å². The predicted octanol–water partition coefficient (Wildman–Crippen LogP) is 2.96. The lowest BCUT2D eigenvalue weighted by Gasteiger charge is -2.16. The fourth-order valence-electron chi connectivity index (χ4n) is 2.11. The number of tetrazole rings is 1. The molecule has 0 saturated heterocycles. The number of benzene rings is 2. The summed E-state index contributed by atoms with van der Waals surface area (Å²) in [6, 6.07) is 12.2. The average molecular weight is 361 g/mol. The number of carbonyl (C=O) groups excluding carboxylic acids is 1. The number of anilines is 1. The van der Waals surface area contributed by atoms with Gasteiger partial charge in [0.25, 0.3) is 0 Å². The minimum atomic E-state index is -1.03. The monoisotopic (exact) mass is 361 g/mol. The Morgan fingerprint density at radius 3 is 2.56 bits per heavy atom. The van der Waals surface area contributed by atoms with Crippen LogP contribution in [0.1, 0.15) is 10.8 Å². The summed E-state index contributed by atoms with van der Waals surface area (Å²) in [7, 11) is 1.66. The van der Waals surface area contributed by atoms with E-state index in [9.17, 15) is 13.6 Å². The van der Waals surface area contributed by atoms with E-state index >= 15 is 0 Å². The van der Waals surface area contributed by atoms with E-state index in [-0.39, 0.29) is 5.69 Å². The summed E-state index contributed by atoms with van der Waals surface area (Å²) < 4.78 is 27.8. The van der Waals surface area contributed by atoms with Gasteiger partial charge in [-0.2, -0.15) is 0 Å². The fraction of sp³-hybridized carbons (Fsp3) is 0.125. The Balaban J connectivity index is 1.86. The fourth-order valence-corrected chi connectivity index (χ4v) is 3.05. The third-order valence-corrected chi connectivity index (χ3v) is 4.61. The number of thioether (sulfide) groups is 1. The molecule has 0 spiro atoms. The smallest absolute Gasteiger partial charge is 0.242 e. The summed E-state index contributed by atoms with van der Waals surface area (Å²) in [6.07, 6.45) is 0. The zero-order valence-electron chi connectivity index (χ0n) is 13.1. The van der Waals surface area contributed by atoms with E-state index in [0.29, 0.717) is 5.16 Å². The molecule has 3 aromatic rings. The van der Waals surface area contributed by atoms with Crippen LogP contribution in [-0.4, -0.2) is 26.1 Å². The number of hydrogen-bond donors (Lipinski definition) is 1. The number of rotatable bonds is 5. The van der Waals surface area contributed by atoms with Gasteiger partial charge in [-0.1, -0.05) is 42.1 Å². The summed E-state index contributed by atoms with van der Waals surface area (Å²) in [5, 5.41) is 13.5. The van der Waals surface area contributed by atoms with Gasteiger partial charge in [0.1, 0.15) is 5.25 Å². The molecule has 1 unspecified atom stereocenters. The number of hydrogen-bond acceptors (Lipinski definition) is 5. The second kappa shape index (κ2) is 7.39. The molecule has 0 aliphatic rings. The van der Waals surface area contributed by atoms with Crippen molar-refractivity contribution < 1.29 is 13.6 Å². The third-order valence-electron chi connectivity index (χ3n) is 3.33. The van der Waals surface area contributed by atoms with Gasteiger partial charge in [-0.3, -0.25) is 4.79 Å². The van der Waals surface area contributed by atoms with Crippen molar-refractivity contribution in [2.75, 3.05) is 5.32 Å². The molecule has 6 nitrogen and oxygen atoms in total. The van der Waals surface area contributed by atoms with E-state index in [2.05, 4.69) is 20.8 Å². The Kier molecular flexibility index (Phi) is 5.03. The first-order valence-electron chi connectivity index (χ1n) is 7.24. The van der Waals surface area contributed by atoms with Gasteiger partial charge >= 0.3 is 0 Å². The lowest BCUT2D eigenvalue weighted by molar-refractivity contribution is -0.115. The van der Waals surface area contributed by atoms with Crippen molar-refractivity contribution >= 4 is 23.4 Å². The van der Waals surface area contributed by atoms with Crippen LogP contribution < -0.4 is 5.32 Å². The highest BCUT2D eigenvalue weighted by molar-refractivity contribution is 8.00. The Labute approximate surface area is 146 Å². The van der Waals surface area contributed by atoms with E-state index in [0.717, 1.165) is 29.5 Å². The summed E-state index contributed by atoms with van der Waals surface area (Å²) >= 11 is 1.16. The highest BCUT2D eigenvalue weighted by atomic mass is 32.2. The van der Waals surface area contributed by atoms with E-state index in [1.54, 1.807) is 19.2 Å². The molecule has 0 radical (unpaired) electrons. The van der Waals surface area contributed by atoms with Gasteiger partial charge in [0.2, 0.25) is 11.1 Å². The van der Waals surface area contributed by atoms with E-state index in [1.807, 2.05) is 18.2 Å². The van der Waals surface area contributed by atoms with Gasteiger partial charge in [0.15, 0.2) is 11.6 Å². The van der Waals surface area contributed by atoms with Crippen molar-refractivity contribution in [2.24, 2.45) is 7.05 Å². The molecule has 0 aliphatic heterocycles. The molecule has 1 atom stereocenters. The van der Waals surface area contributed by atoms with Crippen LogP contribution in [0.5, 0.6) is 0 Å². The zero-order valence-corrected chi connectivity index (χ0v) is 13.9. The van der Waals surface area contributed by atoms with E-state index < -0.39 is 22.8 Å². The van der Waals surface area contributed by atoms with Crippen molar-refractivity contribution in [1.29, 1.82) is 0 Å². The van der Waals surface area contributed by atoms with Crippen molar-refractivity contribution in [3.63, 3.8) is 0 Å². The number of halogens is 2. The highest BCUT2D eigenvalue weighted by Gasteiger charge is 2.24. The summed E-state index contributed by atoms with van der Waals surface area (Å²) in [4.78, 5) is 12.7. The van der Waals surface area contributed by atoms with Crippen LogP contribution in [0.15, 0.2) is 53.7 Å². The highest BCUT2D eigenvalue weighted by Crippen LogP contribution is 2.34. The van der Waals surface area contributed by atoms with Gasteiger partial charge in [-0.05, 0) is 28.1 Å². The van der Waals surface area contributed by atoms with Crippen LogP contribution in [0, 0.1) is 11.6 Å². The summed E-state index contributed by atoms with van der Waals surface area (Å²) in [6.45, 7) is 0. The van der Waals surface area contributed by atoms with E-state index in [1.165, 1.54) is 10.7 Å². The van der Waals surface area contributed by atoms with Crippen LogP contribution in [0.2, 0.25) is 0 Å². The molecule has 3 rings (SSSR count). The minimum absolute atomic E-state index is 0.168. The second-order valence-electron chi connectivity index (χ2n) is 5.11. The molecule has 128 valence electrons. The first kappa shape index (κ1) is 17.0. The molecular weight excluding hydrogens is 348 g/mol. The first-order valence-corrected chi connectivity index (χ1v) is 8.12.